The average molecular weight is 1460 g/mol. The number of carbonyl (C=O) groups excluding carboxylic acids is 4. The molecule has 0 aromatic carbocycles. The molecule has 0 radical (unpaired) electrons. The van der Waals surface area contributed by atoms with E-state index in [0.29, 0.717) is 25.7 Å². The third-order valence-corrected chi connectivity index (χ3v) is 20.5. The topological polar surface area (TPSA) is 237 Å². The molecule has 6 atom stereocenters. The van der Waals surface area contributed by atoms with E-state index < -0.39 is 97.5 Å². The Hall–Kier alpha value is -2.46. The van der Waals surface area contributed by atoms with E-state index in [-0.39, 0.29) is 25.7 Å². The van der Waals surface area contributed by atoms with E-state index in [1.807, 2.05) is 0 Å². The second kappa shape index (κ2) is 70.8. The standard InChI is InChI=1S/C81H154O17P2/c1-8-10-11-12-13-14-15-16-21-25-30-35-40-48-55-62-78(83)91-68-76(97-80(85)64-57-50-41-36-31-26-23-20-18-17-19-22-24-28-33-38-45-52-59-72(3)4)70-95-99(87,88)93-66-75(82)67-94-100(89,90)96-71-77(69-92-79(84)63-56-49-44-43-47-54-61-74(7)9-2)98-81(86)65-58-51-42-37-32-27-29-34-39-46-53-60-73(5)6/h14-16,21,72-77,82H,8-13,17-20,22-71H2,1-7H3,(H,87,88)(H,89,90)/b15-14-,21-16-/t74?,75-,76-,77-/m1/s1. The van der Waals surface area contributed by atoms with Gasteiger partial charge in [-0.2, -0.15) is 0 Å². The Balaban J connectivity index is 5.26. The lowest BCUT2D eigenvalue weighted by Crippen LogP contribution is -2.30. The van der Waals surface area contributed by atoms with Crippen LogP contribution in [0.1, 0.15) is 395 Å². The molecule has 0 spiro atoms. The van der Waals surface area contributed by atoms with E-state index in [1.54, 1.807) is 0 Å². The zero-order chi connectivity index (χ0) is 73.7. The Morgan fingerprint density at radius 2 is 0.590 bits per heavy atom. The van der Waals surface area contributed by atoms with Crippen LogP contribution in [0, 0.1) is 17.8 Å². The minimum Gasteiger partial charge on any atom is -0.462 e. The molecule has 590 valence electrons. The van der Waals surface area contributed by atoms with Crippen LogP contribution in [0.3, 0.4) is 0 Å². The van der Waals surface area contributed by atoms with Gasteiger partial charge >= 0.3 is 39.5 Å². The number of ether oxygens (including phenoxy) is 4. The van der Waals surface area contributed by atoms with Crippen molar-refractivity contribution in [1.82, 2.24) is 0 Å². The molecule has 0 aliphatic rings. The summed E-state index contributed by atoms with van der Waals surface area (Å²) in [5.41, 5.74) is 0. The van der Waals surface area contributed by atoms with Crippen molar-refractivity contribution >= 4 is 39.5 Å². The molecule has 0 rings (SSSR count). The molecular weight excluding hydrogens is 1310 g/mol. The van der Waals surface area contributed by atoms with Crippen LogP contribution in [0.2, 0.25) is 0 Å². The normalized spacial score (nSPS) is 14.4. The number of aliphatic hydroxyl groups is 1. The molecule has 100 heavy (non-hydrogen) atoms. The quantitative estimate of drug-likeness (QED) is 0.0169. The van der Waals surface area contributed by atoms with Crippen LogP contribution in [0.25, 0.3) is 0 Å². The van der Waals surface area contributed by atoms with Crippen LogP contribution in [-0.2, 0) is 65.4 Å². The number of aliphatic hydroxyl groups excluding tert-OH is 1. The predicted octanol–water partition coefficient (Wildman–Crippen LogP) is 23.7. The number of phosphoric ester groups is 2. The molecule has 0 aromatic heterocycles. The van der Waals surface area contributed by atoms with E-state index in [2.05, 4.69) is 72.8 Å². The summed E-state index contributed by atoms with van der Waals surface area (Å²) < 4.78 is 68.6. The van der Waals surface area contributed by atoms with E-state index >= 15 is 0 Å². The second-order valence-electron chi connectivity index (χ2n) is 29.7. The van der Waals surface area contributed by atoms with Gasteiger partial charge in [-0.25, -0.2) is 9.13 Å². The number of carbonyl (C=O) groups is 4. The van der Waals surface area contributed by atoms with Crippen molar-refractivity contribution in [3.8, 4) is 0 Å². The summed E-state index contributed by atoms with van der Waals surface area (Å²) in [6, 6.07) is 0. The molecule has 0 aliphatic heterocycles. The van der Waals surface area contributed by atoms with Gasteiger partial charge in [0.25, 0.3) is 0 Å². The van der Waals surface area contributed by atoms with Crippen molar-refractivity contribution in [3.63, 3.8) is 0 Å². The van der Waals surface area contributed by atoms with E-state index in [9.17, 15) is 43.2 Å². The Labute approximate surface area is 612 Å². The van der Waals surface area contributed by atoms with Crippen LogP contribution < -0.4 is 0 Å². The summed E-state index contributed by atoms with van der Waals surface area (Å²) in [7, 11) is -9.93. The summed E-state index contributed by atoms with van der Waals surface area (Å²) in [6.45, 7) is 11.9. The molecule has 0 saturated heterocycles. The molecule has 0 saturated carbocycles. The van der Waals surface area contributed by atoms with Gasteiger partial charge in [0.05, 0.1) is 26.4 Å². The first kappa shape index (κ1) is 97.5. The first-order valence-corrected chi connectivity index (χ1v) is 44.2. The van der Waals surface area contributed by atoms with Gasteiger partial charge in [0, 0.05) is 25.7 Å². The van der Waals surface area contributed by atoms with Crippen LogP contribution in [0.5, 0.6) is 0 Å². The first-order chi connectivity index (χ1) is 48.3. The van der Waals surface area contributed by atoms with Gasteiger partial charge in [0.15, 0.2) is 12.2 Å². The van der Waals surface area contributed by atoms with E-state index in [0.717, 1.165) is 133 Å². The van der Waals surface area contributed by atoms with Gasteiger partial charge in [-0.15, -0.1) is 0 Å². The molecule has 0 amide bonds. The molecule has 3 unspecified atom stereocenters. The van der Waals surface area contributed by atoms with Crippen molar-refractivity contribution in [2.45, 2.75) is 414 Å². The van der Waals surface area contributed by atoms with Gasteiger partial charge in [-0.3, -0.25) is 37.3 Å². The maximum absolute atomic E-state index is 13.1. The molecular formula is C81H154O17P2. The number of hydrogen-bond acceptors (Lipinski definition) is 15. The van der Waals surface area contributed by atoms with Crippen molar-refractivity contribution in [2.75, 3.05) is 39.6 Å². The molecule has 0 bridgehead atoms. The lowest BCUT2D eigenvalue weighted by Gasteiger charge is -2.21. The maximum atomic E-state index is 13.1. The highest BCUT2D eigenvalue weighted by molar-refractivity contribution is 7.47. The lowest BCUT2D eigenvalue weighted by atomic mass is 10.00. The predicted molar refractivity (Wildman–Crippen MR) is 409 cm³/mol. The van der Waals surface area contributed by atoms with E-state index in [4.69, 9.17) is 37.0 Å². The van der Waals surface area contributed by atoms with Crippen molar-refractivity contribution in [3.05, 3.63) is 24.3 Å². The Bertz CT molecular complexity index is 2040. The Morgan fingerprint density at radius 3 is 0.890 bits per heavy atom. The summed E-state index contributed by atoms with van der Waals surface area (Å²) >= 11 is 0. The maximum Gasteiger partial charge on any atom is 0.472 e. The molecule has 0 fully saturated rings. The van der Waals surface area contributed by atoms with Crippen molar-refractivity contribution in [2.24, 2.45) is 17.8 Å². The van der Waals surface area contributed by atoms with Crippen molar-refractivity contribution < 1.29 is 80.2 Å². The SMILES string of the molecule is CCCCCC/C=C\C=C/CCCCCCCC(=O)OC[C@H](COP(=O)(O)OC[C@@H](O)COP(=O)(O)OC[C@@H](COC(=O)CCCCCCCCC(C)CC)OC(=O)CCCCCCCCCCCCCC(C)C)OC(=O)CCCCCCCCCCCCCCCCCCCCC(C)C. The zero-order valence-electron chi connectivity index (χ0n) is 65.2. The minimum atomic E-state index is -4.97. The summed E-state index contributed by atoms with van der Waals surface area (Å²) in [5.74, 6) is 0.168. The highest BCUT2D eigenvalue weighted by Crippen LogP contribution is 2.45. The fraction of sp³-hybridized carbons (Fsp3) is 0.901. The van der Waals surface area contributed by atoms with Crippen LogP contribution in [0.4, 0.5) is 0 Å². The monoisotopic (exact) mass is 1460 g/mol. The molecule has 3 N–H and O–H groups in total. The number of allylic oxidation sites excluding steroid dienone is 4. The number of unbranched alkanes of at least 4 members (excludes halogenated alkanes) is 41. The van der Waals surface area contributed by atoms with Crippen LogP contribution in [0.15, 0.2) is 24.3 Å². The summed E-state index contributed by atoms with van der Waals surface area (Å²) in [4.78, 5) is 73.0. The largest absolute Gasteiger partial charge is 0.472 e. The van der Waals surface area contributed by atoms with E-state index in [1.165, 1.54) is 180 Å². The average Bonchev–Trinajstić information content (AvgIpc) is 0.943. The minimum absolute atomic E-state index is 0.101. The first-order valence-electron chi connectivity index (χ1n) is 41.2. The lowest BCUT2D eigenvalue weighted by molar-refractivity contribution is -0.161. The fourth-order valence-electron chi connectivity index (χ4n) is 11.9. The molecule has 0 heterocycles. The molecule has 17 nitrogen and oxygen atoms in total. The number of esters is 4. The Morgan fingerprint density at radius 1 is 0.330 bits per heavy atom. The number of phosphoric acid groups is 2. The van der Waals surface area contributed by atoms with Crippen molar-refractivity contribution in [1.29, 1.82) is 0 Å². The fourth-order valence-corrected chi connectivity index (χ4v) is 13.5. The van der Waals surface area contributed by atoms with Gasteiger partial charge in [0.2, 0.25) is 0 Å². The number of rotatable bonds is 77. The number of hydrogen-bond donors (Lipinski definition) is 3. The van der Waals surface area contributed by atoms with Gasteiger partial charge in [-0.05, 0) is 69.1 Å². The summed E-state index contributed by atoms with van der Waals surface area (Å²) in [6.07, 6.45) is 61.9. The second-order valence-corrected chi connectivity index (χ2v) is 32.6. The van der Waals surface area contributed by atoms with Gasteiger partial charge in [-0.1, -0.05) is 342 Å². The van der Waals surface area contributed by atoms with Gasteiger partial charge < -0.3 is 33.8 Å². The highest BCUT2D eigenvalue weighted by atomic mass is 31.2. The van der Waals surface area contributed by atoms with Crippen LogP contribution in [-0.4, -0.2) is 96.7 Å². The molecule has 19 heteroatoms. The summed E-state index contributed by atoms with van der Waals surface area (Å²) in [5, 5.41) is 10.6. The Kier molecular flexibility index (Phi) is 69.1. The molecule has 0 aromatic rings. The smallest absolute Gasteiger partial charge is 0.462 e. The third-order valence-electron chi connectivity index (χ3n) is 18.6. The van der Waals surface area contributed by atoms with Crippen LogP contribution >= 0.6 is 15.6 Å². The zero-order valence-corrected chi connectivity index (χ0v) is 66.9. The highest BCUT2D eigenvalue weighted by Gasteiger charge is 2.30. The van der Waals surface area contributed by atoms with Gasteiger partial charge in [0.1, 0.15) is 19.3 Å². The third kappa shape index (κ3) is 72.5. The molecule has 0 aliphatic carbocycles.